The van der Waals surface area contributed by atoms with Gasteiger partial charge in [-0.25, -0.2) is 5.21 Å². The molecule has 0 aliphatic carbocycles. The first-order valence-corrected chi connectivity index (χ1v) is 9.94. The Balaban J connectivity index is 1.60. The van der Waals surface area contributed by atoms with E-state index in [0.717, 1.165) is 27.7 Å². The normalized spacial score (nSPS) is 10.8. The average Bonchev–Trinajstić information content (AvgIpc) is 3.16. The van der Waals surface area contributed by atoms with E-state index in [-0.39, 0.29) is 10.6 Å². The fourth-order valence-corrected chi connectivity index (χ4v) is 3.77. The fourth-order valence-electron chi connectivity index (χ4n) is 2.88. The maximum Gasteiger partial charge on any atom is 0.316 e. The van der Waals surface area contributed by atoms with Gasteiger partial charge in [-0.3, -0.25) is 9.55 Å². The zero-order chi connectivity index (χ0) is 20.1. The smallest absolute Gasteiger partial charge is 0.297 e. The zero-order valence-electron chi connectivity index (χ0n) is 15.4. The van der Waals surface area contributed by atoms with Gasteiger partial charge in [-0.2, -0.15) is 0 Å². The summed E-state index contributed by atoms with van der Waals surface area (Å²) < 4.78 is 2.08. The largest absolute Gasteiger partial charge is 0.316 e. The molecule has 0 aliphatic rings. The Kier molecular flexibility index (Phi) is 5.62. The Morgan fingerprint density at radius 3 is 2.41 bits per heavy atom. The van der Waals surface area contributed by atoms with E-state index in [2.05, 4.69) is 31.9 Å². The number of aromatic nitrogens is 4. The van der Waals surface area contributed by atoms with Crippen LogP contribution < -0.4 is 0 Å². The van der Waals surface area contributed by atoms with Crippen molar-refractivity contribution in [2.75, 3.05) is 0 Å². The number of rotatable bonds is 7. The van der Waals surface area contributed by atoms with Crippen LogP contribution >= 0.6 is 11.8 Å². The van der Waals surface area contributed by atoms with Gasteiger partial charge < -0.3 is 0 Å². The summed E-state index contributed by atoms with van der Waals surface area (Å²) in [5.41, 5.74) is 3.27. The predicted octanol–water partition coefficient (Wildman–Crippen LogP) is 4.48. The molecule has 0 amide bonds. The second-order valence-corrected chi connectivity index (χ2v) is 7.29. The van der Waals surface area contributed by atoms with Gasteiger partial charge in [0.15, 0.2) is 11.0 Å². The van der Waals surface area contributed by atoms with Crippen LogP contribution in [0.3, 0.4) is 0 Å². The third-order valence-corrected chi connectivity index (χ3v) is 5.38. The van der Waals surface area contributed by atoms with Gasteiger partial charge in [-0.1, -0.05) is 54.2 Å². The highest BCUT2D eigenvalue weighted by atomic mass is 32.2. The Morgan fingerprint density at radius 2 is 1.72 bits per heavy atom. The van der Waals surface area contributed by atoms with Crippen molar-refractivity contribution in [2.24, 2.45) is 0 Å². The van der Waals surface area contributed by atoms with Crippen molar-refractivity contribution in [1.82, 2.24) is 19.7 Å². The van der Waals surface area contributed by atoms with Gasteiger partial charge in [0.1, 0.15) is 0 Å². The summed E-state index contributed by atoms with van der Waals surface area (Å²) in [4.78, 5) is 15.0. The second kappa shape index (κ2) is 8.66. The zero-order valence-corrected chi connectivity index (χ0v) is 16.2. The van der Waals surface area contributed by atoms with Crippen molar-refractivity contribution < 1.29 is 10.1 Å². The van der Waals surface area contributed by atoms with Crippen LogP contribution in [-0.2, 0) is 12.3 Å². The molecule has 2 heterocycles. The summed E-state index contributed by atoms with van der Waals surface area (Å²) in [5, 5.41) is 18.6. The number of benzene rings is 2. The van der Waals surface area contributed by atoms with Gasteiger partial charge in [0.2, 0.25) is 0 Å². The maximum atomic E-state index is 10.9. The van der Waals surface area contributed by atoms with E-state index in [4.69, 9.17) is 5.21 Å². The van der Waals surface area contributed by atoms with Crippen LogP contribution in [0.15, 0.2) is 84.3 Å². The molecule has 0 aliphatic heterocycles. The number of thioether (sulfide) groups is 1. The molecule has 0 unspecified atom stereocenters. The Labute approximate surface area is 171 Å². The average molecular weight is 404 g/mol. The molecule has 0 bridgehead atoms. The fraction of sp³-hybridized carbons (Fsp3) is 0.0952. The van der Waals surface area contributed by atoms with Crippen LogP contribution in [0.1, 0.15) is 11.1 Å². The molecule has 7 nitrogen and oxygen atoms in total. The van der Waals surface area contributed by atoms with Gasteiger partial charge in [0.05, 0.1) is 11.5 Å². The minimum absolute atomic E-state index is 0.145. The summed E-state index contributed by atoms with van der Waals surface area (Å²) in [7, 11) is 0. The van der Waals surface area contributed by atoms with Crippen molar-refractivity contribution in [2.45, 2.75) is 17.5 Å². The number of hydrogen-bond donors (Lipinski definition) is 1. The molecule has 0 fully saturated rings. The Morgan fingerprint density at radius 1 is 0.931 bits per heavy atom. The van der Waals surface area contributed by atoms with E-state index in [1.165, 1.54) is 0 Å². The molecule has 0 spiro atoms. The molecular weight excluding hydrogens is 386 g/mol. The lowest BCUT2D eigenvalue weighted by atomic mass is 10.2. The molecule has 0 saturated heterocycles. The van der Waals surface area contributed by atoms with Crippen molar-refractivity contribution in [3.05, 3.63) is 95.2 Å². The predicted molar refractivity (Wildman–Crippen MR) is 110 cm³/mol. The molecule has 4 aromatic rings. The highest BCUT2D eigenvalue weighted by Crippen LogP contribution is 2.27. The third-order valence-electron chi connectivity index (χ3n) is 4.35. The lowest BCUT2D eigenvalue weighted by Gasteiger charge is -2.10. The molecule has 4 rings (SSSR count). The summed E-state index contributed by atoms with van der Waals surface area (Å²) in [5.74, 6) is 1.42. The first-order chi connectivity index (χ1) is 14.2. The lowest BCUT2D eigenvalue weighted by Crippen LogP contribution is -2.04. The van der Waals surface area contributed by atoms with Crippen LogP contribution in [0, 0.1) is 4.91 Å². The first-order valence-electron chi connectivity index (χ1n) is 8.96. The second-order valence-electron chi connectivity index (χ2n) is 6.35. The monoisotopic (exact) mass is 404 g/mol. The number of hydrogen-bond acceptors (Lipinski definition) is 5. The van der Waals surface area contributed by atoms with Gasteiger partial charge in [-0.05, 0) is 23.3 Å². The summed E-state index contributed by atoms with van der Waals surface area (Å²) >= 11 is 1.56. The highest BCUT2D eigenvalue weighted by molar-refractivity contribution is 7.98. The standard InChI is InChI=1S/C21H18N5O2S/c27-26(28)19-10-8-17(9-11-19)15-29-21-24-23-20(18-7-4-12-22-13-18)25(21)14-16-5-2-1-3-6-16/h1-13H,14-15H2,(H,27,28)/q+1. The summed E-state index contributed by atoms with van der Waals surface area (Å²) in [6, 6.07) is 20.8. The first kappa shape index (κ1) is 18.8. The van der Waals surface area contributed by atoms with Crippen molar-refractivity contribution >= 4 is 17.4 Å². The molecule has 0 saturated carbocycles. The molecule has 29 heavy (non-hydrogen) atoms. The van der Waals surface area contributed by atoms with Gasteiger partial charge in [0, 0.05) is 35.8 Å². The van der Waals surface area contributed by atoms with Gasteiger partial charge >= 0.3 is 5.69 Å². The SMILES string of the molecule is O=[N+](O)c1ccc(CSc2nnc(-c3cccnc3)n2Cc2ccccc2)cc1. The van der Waals surface area contributed by atoms with Crippen LogP contribution in [0.5, 0.6) is 0 Å². The van der Waals surface area contributed by atoms with E-state index in [9.17, 15) is 4.91 Å². The molecule has 1 N–H and O–H groups in total. The van der Waals surface area contributed by atoms with E-state index in [1.807, 2.05) is 42.5 Å². The topological polar surface area (TPSA) is 83.9 Å². The minimum Gasteiger partial charge on any atom is -0.297 e. The molecule has 0 radical (unpaired) electrons. The van der Waals surface area contributed by atoms with Crippen LogP contribution in [0.4, 0.5) is 5.69 Å². The van der Waals surface area contributed by atoms with E-state index < -0.39 is 0 Å². The van der Waals surface area contributed by atoms with Crippen molar-refractivity contribution in [3.63, 3.8) is 0 Å². The minimum atomic E-state index is -0.145. The Hall–Kier alpha value is -3.52. The molecule has 144 valence electrons. The molecule has 2 aromatic heterocycles. The maximum absolute atomic E-state index is 10.9. The van der Waals surface area contributed by atoms with Crippen molar-refractivity contribution in [1.29, 1.82) is 0 Å². The lowest BCUT2D eigenvalue weighted by molar-refractivity contribution is -0.729. The van der Waals surface area contributed by atoms with Gasteiger partial charge in [-0.15, -0.1) is 10.2 Å². The van der Waals surface area contributed by atoms with E-state index in [0.29, 0.717) is 12.3 Å². The molecule has 2 aromatic carbocycles. The van der Waals surface area contributed by atoms with Crippen LogP contribution in [0.2, 0.25) is 0 Å². The van der Waals surface area contributed by atoms with E-state index in [1.54, 1.807) is 36.3 Å². The summed E-state index contributed by atoms with van der Waals surface area (Å²) in [6.07, 6.45) is 3.51. The highest BCUT2D eigenvalue weighted by Gasteiger charge is 2.16. The molecule has 8 heteroatoms. The number of pyridine rings is 1. The van der Waals surface area contributed by atoms with E-state index >= 15 is 0 Å². The molecule has 0 atom stereocenters. The quantitative estimate of drug-likeness (QED) is 0.361. The summed E-state index contributed by atoms with van der Waals surface area (Å²) in [6.45, 7) is 0.648. The van der Waals surface area contributed by atoms with Crippen LogP contribution in [0.25, 0.3) is 11.4 Å². The molecular formula is C21H18N5O2S+. The number of nitrogens with zero attached hydrogens (tertiary/aromatic N) is 5. The van der Waals surface area contributed by atoms with Crippen molar-refractivity contribution in [3.8, 4) is 11.4 Å². The Bertz CT molecular complexity index is 1100. The third kappa shape index (κ3) is 4.49. The van der Waals surface area contributed by atoms with Gasteiger partial charge in [0.25, 0.3) is 4.92 Å². The van der Waals surface area contributed by atoms with Crippen LogP contribution in [-0.4, -0.2) is 29.9 Å².